The minimum Gasteiger partial charge on any atom is -0.334 e. The van der Waals surface area contributed by atoms with Gasteiger partial charge in [0.15, 0.2) is 9.84 Å². The average molecular weight is 388 g/mol. The van der Waals surface area contributed by atoms with Gasteiger partial charge in [-0.05, 0) is 38.5 Å². The molecule has 2 heterocycles. The summed E-state index contributed by atoms with van der Waals surface area (Å²) in [5, 5.41) is 0. The van der Waals surface area contributed by atoms with E-state index in [0.29, 0.717) is 24.6 Å². The van der Waals surface area contributed by atoms with E-state index in [1.807, 2.05) is 56.1 Å². The van der Waals surface area contributed by atoms with Gasteiger partial charge in [0.05, 0.1) is 11.5 Å². The Balaban J connectivity index is 1.90. The Morgan fingerprint density at radius 1 is 1.22 bits per heavy atom. The molecule has 3 rings (SSSR count). The first-order valence-electron chi connectivity index (χ1n) is 8.96. The van der Waals surface area contributed by atoms with Crippen molar-refractivity contribution >= 4 is 27.4 Å². The molecule has 0 saturated carbocycles. The van der Waals surface area contributed by atoms with Crippen molar-refractivity contribution in [1.29, 1.82) is 0 Å². The maximum absolute atomic E-state index is 13.1. The normalized spacial score (nSPS) is 18.3. The lowest BCUT2D eigenvalue weighted by Gasteiger charge is -2.27. The van der Waals surface area contributed by atoms with Crippen molar-refractivity contribution < 1.29 is 13.2 Å². The first kappa shape index (κ1) is 19.3. The minimum atomic E-state index is -3.07. The summed E-state index contributed by atoms with van der Waals surface area (Å²) in [6, 6.07) is 11.0. The van der Waals surface area contributed by atoms with E-state index in [1.165, 1.54) is 0 Å². The molecule has 0 bridgehead atoms. The van der Waals surface area contributed by atoms with E-state index in [2.05, 4.69) is 9.97 Å². The van der Waals surface area contributed by atoms with Crippen LogP contribution in [-0.2, 0) is 9.84 Å². The Hall–Kier alpha value is -2.48. The van der Waals surface area contributed by atoms with Crippen LogP contribution in [0.2, 0.25) is 0 Å². The number of sulfone groups is 1. The predicted octanol–water partition coefficient (Wildman–Crippen LogP) is 2.20. The molecule has 7 nitrogen and oxygen atoms in total. The van der Waals surface area contributed by atoms with Gasteiger partial charge in [0, 0.05) is 31.0 Å². The van der Waals surface area contributed by atoms with Gasteiger partial charge in [-0.15, -0.1) is 0 Å². The average Bonchev–Trinajstić information content (AvgIpc) is 3.01. The third kappa shape index (κ3) is 4.27. The van der Waals surface area contributed by atoms with E-state index in [9.17, 15) is 13.2 Å². The van der Waals surface area contributed by atoms with Crippen molar-refractivity contribution in [1.82, 2.24) is 14.9 Å². The lowest BCUT2D eigenvalue weighted by atomic mass is 10.2. The molecule has 1 aliphatic rings. The van der Waals surface area contributed by atoms with Crippen LogP contribution in [0.25, 0.3) is 0 Å². The number of amides is 1. The third-order valence-electron chi connectivity index (χ3n) is 4.76. The molecular weight excluding hydrogens is 364 g/mol. The lowest BCUT2D eigenvalue weighted by Crippen LogP contribution is -2.41. The van der Waals surface area contributed by atoms with Gasteiger partial charge in [-0.3, -0.25) is 4.79 Å². The number of benzene rings is 1. The second-order valence-corrected chi connectivity index (χ2v) is 8.97. The summed E-state index contributed by atoms with van der Waals surface area (Å²) in [6.07, 6.45) is 0.475. The number of hydrogen-bond donors (Lipinski definition) is 0. The van der Waals surface area contributed by atoms with Crippen LogP contribution in [0.1, 0.15) is 29.5 Å². The Morgan fingerprint density at radius 3 is 2.52 bits per heavy atom. The van der Waals surface area contributed by atoms with Crippen LogP contribution in [0.3, 0.4) is 0 Å². The quantitative estimate of drug-likeness (QED) is 0.781. The summed E-state index contributed by atoms with van der Waals surface area (Å²) < 4.78 is 23.6. The zero-order chi connectivity index (χ0) is 19.6. The molecule has 1 saturated heterocycles. The van der Waals surface area contributed by atoms with Gasteiger partial charge in [0.1, 0.15) is 5.69 Å². The van der Waals surface area contributed by atoms with E-state index in [0.717, 1.165) is 5.69 Å². The number of carbonyl (C=O) groups excluding carboxylic acids is 1. The molecule has 1 amide bonds. The highest BCUT2D eigenvalue weighted by Gasteiger charge is 2.34. The second-order valence-electron chi connectivity index (χ2n) is 6.74. The predicted molar refractivity (Wildman–Crippen MR) is 105 cm³/mol. The number of nitrogens with zero attached hydrogens (tertiary/aromatic N) is 4. The fourth-order valence-electron chi connectivity index (χ4n) is 3.32. The van der Waals surface area contributed by atoms with Crippen molar-refractivity contribution in [3.8, 4) is 0 Å². The molecule has 8 heteroatoms. The molecule has 2 aromatic rings. The van der Waals surface area contributed by atoms with Crippen molar-refractivity contribution in [2.75, 3.05) is 30.0 Å². The summed E-state index contributed by atoms with van der Waals surface area (Å²) in [5.74, 6) is 0.326. The topological polar surface area (TPSA) is 83.5 Å². The van der Waals surface area contributed by atoms with E-state index in [4.69, 9.17) is 0 Å². The molecule has 0 aliphatic carbocycles. The number of aromatic nitrogens is 2. The monoisotopic (exact) mass is 388 g/mol. The highest BCUT2D eigenvalue weighted by molar-refractivity contribution is 7.91. The highest BCUT2D eigenvalue weighted by Crippen LogP contribution is 2.23. The van der Waals surface area contributed by atoms with Crippen LogP contribution in [0, 0.1) is 6.92 Å². The summed E-state index contributed by atoms with van der Waals surface area (Å²) in [4.78, 5) is 25.4. The molecule has 1 aliphatic heterocycles. The van der Waals surface area contributed by atoms with Gasteiger partial charge in [0.2, 0.25) is 5.95 Å². The van der Waals surface area contributed by atoms with Crippen LogP contribution in [0.5, 0.6) is 0 Å². The number of carbonyl (C=O) groups is 1. The Labute approximate surface area is 160 Å². The number of hydrogen-bond acceptors (Lipinski definition) is 6. The molecule has 27 heavy (non-hydrogen) atoms. The van der Waals surface area contributed by atoms with Gasteiger partial charge < -0.3 is 9.80 Å². The smallest absolute Gasteiger partial charge is 0.272 e. The Morgan fingerprint density at radius 2 is 1.93 bits per heavy atom. The van der Waals surface area contributed by atoms with Crippen LogP contribution >= 0.6 is 0 Å². The number of rotatable bonds is 5. The molecule has 0 N–H and O–H groups in total. The van der Waals surface area contributed by atoms with Crippen molar-refractivity contribution in [3.63, 3.8) is 0 Å². The largest absolute Gasteiger partial charge is 0.334 e. The van der Waals surface area contributed by atoms with Gasteiger partial charge in [0.25, 0.3) is 5.91 Å². The fourth-order valence-corrected chi connectivity index (χ4v) is 5.05. The molecule has 1 atom stereocenters. The van der Waals surface area contributed by atoms with Crippen LogP contribution in [-0.4, -0.2) is 60.3 Å². The number of para-hydroxylation sites is 1. The summed E-state index contributed by atoms with van der Waals surface area (Å²) in [5.41, 5.74) is 1.88. The first-order chi connectivity index (χ1) is 12.8. The summed E-state index contributed by atoms with van der Waals surface area (Å²) >= 11 is 0. The van der Waals surface area contributed by atoms with Gasteiger partial charge in [-0.2, -0.15) is 0 Å². The molecule has 1 aromatic heterocycles. The molecule has 0 radical (unpaired) electrons. The van der Waals surface area contributed by atoms with Gasteiger partial charge in [-0.25, -0.2) is 18.4 Å². The molecule has 1 fully saturated rings. The third-order valence-corrected chi connectivity index (χ3v) is 6.51. The first-order valence-corrected chi connectivity index (χ1v) is 10.8. The van der Waals surface area contributed by atoms with Crippen LogP contribution < -0.4 is 4.90 Å². The van der Waals surface area contributed by atoms with Gasteiger partial charge >= 0.3 is 0 Å². The van der Waals surface area contributed by atoms with Crippen molar-refractivity contribution in [2.24, 2.45) is 0 Å². The minimum absolute atomic E-state index is 0.0213. The van der Waals surface area contributed by atoms with Crippen LogP contribution in [0.4, 0.5) is 11.6 Å². The molecule has 0 spiro atoms. The van der Waals surface area contributed by atoms with E-state index in [1.54, 1.807) is 11.0 Å². The summed E-state index contributed by atoms with van der Waals surface area (Å²) in [6.45, 7) is 4.11. The zero-order valence-electron chi connectivity index (χ0n) is 15.8. The highest BCUT2D eigenvalue weighted by atomic mass is 32.2. The number of aryl methyl sites for hydroxylation is 1. The van der Waals surface area contributed by atoms with Gasteiger partial charge in [-0.1, -0.05) is 18.2 Å². The maximum atomic E-state index is 13.1. The SMILES string of the molecule is CCN(C(=O)c1cc(C)nc(N(C)c2ccccc2)n1)C1CCS(=O)(=O)C1. The Kier molecular flexibility index (Phi) is 5.46. The lowest BCUT2D eigenvalue weighted by molar-refractivity contribution is 0.0702. The zero-order valence-corrected chi connectivity index (χ0v) is 16.6. The summed E-state index contributed by atoms with van der Waals surface area (Å²) in [7, 11) is -1.22. The van der Waals surface area contributed by atoms with Crippen molar-refractivity contribution in [3.05, 3.63) is 47.8 Å². The fraction of sp³-hybridized carbons (Fsp3) is 0.421. The van der Waals surface area contributed by atoms with E-state index >= 15 is 0 Å². The standard InChI is InChI=1S/C19H24N4O3S/c1-4-23(16-10-11-27(25,26)13-16)18(24)17-12-14(2)20-19(21-17)22(3)15-8-6-5-7-9-15/h5-9,12,16H,4,10-11,13H2,1-3H3. The van der Waals surface area contributed by atoms with E-state index in [-0.39, 0.29) is 29.1 Å². The van der Waals surface area contributed by atoms with E-state index < -0.39 is 9.84 Å². The second kappa shape index (κ2) is 7.64. The maximum Gasteiger partial charge on any atom is 0.272 e. The molecular formula is C19H24N4O3S. The molecule has 1 unspecified atom stereocenters. The molecule has 1 aromatic carbocycles. The number of anilines is 2. The van der Waals surface area contributed by atoms with Crippen LogP contribution in [0.15, 0.2) is 36.4 Å². The molecule has 144 valence electrons. The van der Waals surface area contributed by atoms with Crippen molar-refractivity contribution in [2.45, 2.75) is 26.3 Å². The Bertz CT molecular complexity index is 931.